The van der Waals surface area contributed by atoms with Crippen LogP contribution in [0.3, 0.4) is 0 Å². The minimum Gasteiger partial charge on any atom is -0.388 e. The maximum Gasteiger partial charge on any atom is 0.287 e. The fourth-order valence-electron chi connectivity index (χ4n) is 1.20. The molecule has 1 rings (SSSR count). The van der Waals surface area contributed by atoms with Crippen molar-refractivity contribution < 1.29 is 10.0 Å². The number of nitrogens with zero attached hydrogens (tertiary/aromatic N) is 1. The Kier molecular flexibility index (Phi) is 4.02. The van der Waals surface area contributed by atoms with Crippen molar-refractivity contribution in [2.45, 2.75) is 12.5 Å². The van der Waals surface area contributed by atoms with Crippen LogP contribution in [-0.4, -0.2) is 16.6 Å². The number of nitro benzene ring substituents is 1. The van der Waals surface area contributed by atoms with Crippen LogP contribution in [-0.2, 0) is 0 Å². The number of nitro groups is 1. The Morgan fingerprint density at radius 2 is 2.27 bits per heavy atom. The van der Waals surface area contributed by atoms with Gasteiger partial charge in [0, 0.05) is 6.07 Å². The van der Waals surface area contributed by atoms with Crippen LogP contribution in [0.1, 0.15) is 18.1 Å². The molecule has 0 aromatic heterocycles. The zero-order valence-electron chi connectivity index (χ0n) is 7.89. The average Bonchev–Trinajstić information content (AvgIpc) is 2.17. The van der Waals surface area contributed by atoms with Crippen LogP contribution in [0.2, 0.25) is 5.02 Å². The molecule has 6 heteroatoms. The minimum absolute atomic E-state index is 0.0218. The lowest BCUT2D eigenvalue weighted by Gasteiger charge is -2.09. The van der Waals surface area contributed by atoms with Crippen molar-refractivity contribution >= 4 is 17.3 Å². The standard InChI is InChI=1S/C9H11ClN2O3/c10-7-5-6(9(13)3-4-11)1-2-8(7)12(14)15/h1-2,5,9,13H,3-4,11H2. The van der Waals surface area contributed by atoms with Crippen LogP contribution in [0.15, 0.2) is 18.2 Å². The summed E-state index contributed by atoms with van der Waals surface area (Å²) in [4.78, 5) is 9.90. The summed E-state index contributed by atoms with van der Waals surface area (Å²) in [5, 5.41) is 20.1. The van der Waals surface area contributed by atoms with Crippen LogP contribution in [0.4, 0.5) is 5.69 Å². The molecule has 0 saturated heterocycles. The van der Waals surface area contributed by atoms with Gasteiger partial charge >= 0.3 is 0 Å². The summed E-state index contributed by atoms with van der Waals surface area (Å²) >= 11 is 5.68. The molecule has 0 spiro atoms. The topological polar surface area (TPSA) is 89.4 Å². The molecule has 0 heterocycles. The predicted octanol–water partition coefficient (Wildman–Crippen LogP) is 1.63. The molecule has 1 aromatic rings. The van der Waals surface area contributed by atoms with Gasteiger partial charge in [0.05, 0.1) is 11.0 Å². The van der Waals surface area contributed by atoms with Gasteiger partial charge in [0.2, 0.25) is 0 Å². The van der Waals surface area contributed by atoms with Crippen LogP contribution in [0, 0.1) is 10.1 Å². The molecule has 0 aliphatic rings. The van der Waals surface area contributed by atoms with Crippen molar-refractivity contribution in [3.8, 4) is 0 Å². The van der Waals surface area contributed by atoms with Gasteiger partial charge in [-0.05, 0) is 30.7 Å². The Morgan fingerprint density at radius 1 is 1.60 bits per heavy atom. The first kappa shape index (κ1) is 11.9. The Morgan fingerprint density at radius 3 is 2.73 bits per heavy atom. The van der Waals surface area contributed by atoms with Gasteiger partial charge in [0.25, 0.3) is 5.69 Å². The van der Waals surface area contributed by atoms with Crippen molar-refractivity contribution in [2.75, 3.05) is 6.54 Å². The summed E-state index contributed by atoms with van der Waals surface area (Å²) in [7, 11) is 0. The van der Waals surface area contributed by atoms with E-state index in [9.17, 15) is 15.2 Å². The zero-order chi connectivity index (χ0) is 11.4. The number of benzene rings is 1. The lowest BCUT2D eigenvalue weighted by Crippen LogP contribution is -2.06. The van der Waals surface area contributed by atoms with Gasteiger partial charge in [-0.15, -0.1) is 0 Å². The highest BCUT2D eigenvalue weighted by Crippen LogP contribution is 2.28. The number of rotatable bonds is 4. The number of aliphatic hydroxyl groups excluding tert-OH is 1. The van der Waals surface area contributed by atoms with Gasteiger partial charge < -0.3 is 10.8 Å². The summed E-state index contributed by atoms with van der Waals surface area (Å²) in [5.41, 5.74) is 5.65. The summed E-state index contributed by atoms with van der Waals surface area (Å²) < 4.78 is 0. The van der Waals surface area contributed by atoms with Crippen molar-refractivity contribution in [1.29, 1.82) is 0 Å². The molecule has 0 bridgehead atoms. The van der Waals surface area contributed by atoms with Gasteiger partial charge in [0.1, 0.15) is 5.02 Å². The first-order chi connectivity index (χ1) is 7.06. The first-order valence-electron chi connectivity index (χ1n) is 4.38. The molecular formula is C9H11ClN2O3. The molecule has 0 amide bonds. The molecule has 1 unspecified atom stereocenters. The van der Waals surface area contributed by atoms with E-state index in [1.165, 1.54) is 18.2 Å². The van der Waals surface area contributed by atoms with E-state index < -0.39 is 11.0 Å². The normalized spacial score (nSPS) is 12.5. The molecule has 0 aliphatic carbocycles. The summed E-state index contributed by atoms with van der Waals surface area (Å²) in [6, 6.07) is 4.14. The van der Waals surface area contributed by atoms with Crippen LogP contribution in [0.5, 0.6) is 0 Å². The Bertz CT molecular complexity index is 370. The second kappa shape index (κ2) is 5.06. The predicted molar refractivity (Wildman–Crippen MR) is 56.7 cm³/mol. The van der Waals surface area contributed by atoms with Gasteiger partial charge in [-0.2, -0.15) is 0 Å². The highest BCUT2D eigenvalue weighted by Gasteiger charge is 2.15. The van der Waals surface area contributed by atoms with E-state index in [-0.39, 0.29) is 10.7 Å². The van der Waals surface area contributed by atoms with E-state index in [1.807, 2.05) is 0 Å². The van der Waals surface area contributed by atoms with Crippen LogP contribution < -0.4 is 5.73 Å². The third-order valence-corrected chi connectivity index (χ3v) is 2.30. The Balaban J connectivity index is 2.96. The smallest absolute Gasteiger partial charge is 0.287 e. The fourth-order valence-corrected chi connectivity index (χ4v) is 1.46. The first-order valence-corrected chi connectivity index (χ1v) is 4.76. The van der Waals surface area contributed by atoms with E-state index in [4.69, 9.17) is 17.3 Å². The molecule has 0 saturated carbocycles. The average molecular weight is 231 g/mol. The second-order valence-corrected chi connectivity index (χ2v) is 3.47. The number of hydrogen-bond acceptors (Lipinski definition) is 4. The number of nitrogens with two attached hydrogens (primary N) is 1. The third-order valence-electron chi connectivity index (χ3n) is 1.99. The largest absolute Gasteiger partial charge is 0.388 e. The second-order valence-electron chi connectivity index (χ2n) is 3.06. The highest BCUT2D eigenvalue weighted by atomic mass is 35.5. The molecule has 5 nitrogen and oxygen atoms in total. The maximum absolute atomic E-state index is 10.5. The lowest BCUT2D eigenvalue weighted by molar-refractivity contribution is -0.384. The van der Waals surface area contributed by atoms with Gasteiger partial charge in [-0.25, -0.2) is 0 Å². The molecular weight excluding hydrogens is 220 g/mol. The van der Waals surface area contributed by atoms with Crippen molar-refractivity contribution in [3.63, 3.8) is 0 Å². The quantitative estimate of drug-likeness (QED) is 0.608. The Labute approximate surface area is 91.6 Å². The lowest BCUT2D eigenvalue weighted by atomic mass is 10.1. The van der Waals surface area contributed by atoms with Crippen LogP contribution in [0.25, 0.3) is 0 Å². The van der Waals surface area contributed by atoms with Gasteiger partial charge in [-0.1, -0.05) is 11.6 Å². The SMILES string of the molecule is NCCC(O)c1ccc([N+](=O)[O-])c(Cl)c1. The Hall–Kier alpha value is -1.17. The minimum atomic E-state index is -0.728. The molecule has 82 valence electrons. The molecule has 15 heavy (non-hydrogen) atoms. The van der Waals surface area contributed by atoms with E-state index in [0.29, 0.717) is 18.5 Å². The van der Waals surface area contributed by atoms with E-state index in [0.717, 1.165) is 0 Å². The molecule has 3 N–H and O–H groups in total. The molecule has 0 aliphatic heterocycles. The van der Waals surface area contributed by atoms with E-state index >= 15 is 0 Å². The van der Waals surface area contributed by atoms with Crippen molar-refractivity contribution in [2.24, 2.45) is 5.73 Å². The van der Waals surface area contributed by atoms with Crippen LogP contribution >= 0.6 is 11.6 Å². The van der Waals surface area contributed by atoms with E-state index in [1.54, 1.807) is 0 Å². The van der Waals surface area contributed by atoms with Gasteiger partial charge in [-0.3, -0.25) is 10.1 Å². The monoisotopic (exact) mass is 230 g/mol. The number of aliphatic hydroxyl groups is 1. The van der Waals surface area contributed by atoms with Crippen molar-refractivity contribution in [3.05, 3.63) is 38.9 Å². The molecule has 0 fully saturated rings. The summed E-state index contributed by atoms with van der Waals surface area (Å²) in [6.07, 6.45) is -0.331. The number of hydrogen-bond donors (Lipinski definition) is 2. The fraction of sp³-hybridized carbons (Fsp3) is 0.333. The van der Waals surface area contributed by atoms with E-state index in [2.05, 4.69) is 0 Å². The molecule has 1 atom stereocenters. The molecule has 0 radical (unpaired) electrons. The summed E-state index contributed by atoms with van der Waals surface area (Å²) in [5.74, 6) is 0. The maximum atomic E-state index is 10.5. The summed E-state index contributed by atoms with van der Waals surface area (Å²) in [6.45, 7) is 0.343. The molecule has 1 aromatic carbocycles. The third kappa shape index (κ3) is 2.89. The number of halogens is 1. The van der Waals surface area contributed by atoms with Gasteiger partial charge in [0.15, 0.2) is 0 Å². The zero-order valence-corrected chi connectivity index (χ0v) is 8.65. The van der Waals surface area contributed by atoms with Crippen molar-refractivity contribution in [1.82, 2.24) is 0 Å². The highest BCUT2D eigenvalue weighted by molar-refractivity contribution is 6.32.